The van der Waals surface area contributed by atoms with Crippen LogP contribution in [0.15, 0.2) is 24.3 Å². The largest absolute Gasteiger partial charge is 0.293 e. The van der Waals surface area contributed by atoms with Crippen molar-refractivity contribution in [1.82, 2.24) is 4.90 Å². The number of ketones is 1. The molecule has 1 fully saturated rings. The molecule has 0 radical (unpaired) electrons. The normalized spacial score (nSPS) is 20.4. The van der Waals surface area contributed by atoms with Crippen LogP contribution in [0.25, 0.3) is 0 Å². The first-order valence-electron chi connectivity index (χ1n) is 6.77. The molecule has 0 aliphatic carbocycles. The molecule has 1 aromatic carbocycles. The summed E-state index contributed by atoms with van der Waals surface area (Å²) < 4.78 is 37.8. The minimum absolute atomic E-state index is 0.0170. The molecular weight excluding hydrogens is 313 g/mol. The van der Waals surface area contributed by atoms with Gasteiger partial charge in [0.1, 0.15) is 11.2 Å². The van der Waals surface area contributed by atoms with Gasteiger partial charge in [-0.1, -0.05) is 19.1 Å². The van der Waals surface area contributed by atoms with Crippen LogP contribution in [-0.2, 0) is 9.84 Å². The Bertz CT molecular complexity index is 618. The molecule has 21 heavy (non-hydrogen) atoms. The van der Waals surface area contributed by atoms with Gasteiger partial charge >= 0.3 is 0 Å². The zero-order chi connectivity index (χ0) is 15.5. The molecular formula is C14H18FNO3S2. The number of Topliss-reactive ketones (excluding diaryl/α,β-unsaturated/α-hetero) is 1. The second-order valence-corrected chi connectivity index (χ2v) is 8.45. The van der Waals surface area contributed by atoms with Crippen LogP contribution in [0.4, 0.5) is 4.39 Å². The Kier molecular flexibility index (Phi) is 5.40. The van der Waals surface area contributed by atoms with Gasteiger partial charge in [0.2, 0.25) is 0 Å². The van der Waals surface area contributed by atoms with Crippen LogP contribution >= 0.6 is 11.8 Å². The van der Waals surface area contributed by atoms with Crippen molar-refractivity contribution in [2.24, 2.45) is 0 Å². The van der Waals surface area contributed by atoms with E-state index in [1.807, 2.05) is 0 Å². The van der Waals surface area contributed by atoms with Crippen molar-refractivity contribution < 1.29 is 17.6 Å². The highest BCUT2D eigenvalue weighted by molar-refractivity contribution is 8.01. The lowest BCUT2D eigenvalue weighted by Gasteiger charge is -2.34. The number of rotatable bonds is 5. The maximum atomic E-state index is 13.6. The third-order valence-corrected chi connectivity index (χ3v) is 6.86. The molecule has 7 heteroatoms. The van der Waals surface area contributed by atoms with Crippen LogP contribution in [0.5, 0.6) is 0 Å². The molecule has 1 heterocycles. The van der Waals surface area contributed by atoms with E-state index in [9.17, 15) is 17.6 Å². The quantitative estimate of drug-likeness (QED) is 0.771. The molecule has 1 aliphatic heterocycles. The molecule has 0 spiro atoms. The summed E-state index contributed by atoms with van der Waals surface area (Å²) in [5, 5.41) is -0.656. The number of nitrogens with zero attached hydrogens (tertiary/aromatic N) is 1. The number of benzene rings is 1. The van der Waals surface area contributed by atoms with Crippen LogP contribution in [0, 0.1) is 5.82 Å². The van der Waals surface area contributed by atoms with E-state index < -0.39 is 21.0 Å². The van der Waals surface area contributed by atoms with Gasteiger partial charge in [0.05, 0.1) is 12.1 Å². The van der Waals surface area contributed by atoms with E-state index in [0.29, 0.717) is 12.3 Å². The van der Waals surface area contributed by atoms with E-state index in [2.05, 4.69) is 0 Å². The van der Waals surface area contributed by atoms with Crippen LogP contribution in [-0.4, -0.2) is 54.8 Å². The Morgan fingerprint density at radius 2 is 2.14 bits per heavy atom. The molecule has 4 nitrogen and oxygen atoms in total. The minimum atomic E-state index is -3.25. The van der Waals surface area contributed by atoms with Gasteiger partial charge in [0.15, 0.2) is 15.6 Å². The number of carbonyl (C=O) groups excluding carboxylic acids is 1. The average molecular weight is 331 g/mol. The van der Waals surface area contributed by atoms with Gasteiger partial charge in [-0.3, -0.25) is 9.69 Å². The summed E-state index contributed by atoms with van der Waals surface area (Å²) in [6, 6.07) is 5.79. The second-order valence-electron chi connectivity index (χ2n) is 4.85. The number of hydrogen-bond donors (Lipinski definition) is 0. The van der Waals surface area contributed by atoms with Crippen molar-refractivity contribution in [3.05, 3.63) is 35.6 Å². The highest BCUT2D eigenvalue weighted by Gasteiger charge is 2.34. The Morgan fingerprint density at radius 3 is 2.81 bits per heavy atom. The number of hydrogen-bond acceptors (Lipinski definition) is 5. The first kappa shape index (κ1) is 16.5. The fraction of sp³-hybridized carbons (Fsp3) is 0.500. The van der Waals surface area contributed by atoms with E-state index in [4.69, 9.17) is 0 Å². The number of carbonyl (C=O) groups is 1. The lowest BCUT2D eigenvalue weighted by atomic mass is 10.1. The molecule has 2 rings (SSSR count). The molecule has 0 bridgehead atoms. The molecule has 116 valence electrons. The standard InChI is InChI=1S/C14H18FNO3S2/c1-2-21(18,19)14-10-20-8-7-16(14)9-13(17)11-5-3-4-6-12(11)15/h3-6,14H,2,7-10H2,1H3. The fourth-order valence-electron chi connectivity index (χ4n) is 2.28. The fourth-order valence-corrected chi connectivity index (χ4v) is 5.36. The van der Waals surface area contributed by atoms with Gasteiger partial charge in [0, 0.05) is 23.8 Å². The van der Waals surface area contributed by atoms with Gasteiger partial charge in [-0.25, -0.2) is 12.8 Å². The van der Waals surface area contributed by atoms with E-state index in [1.54, 1.807) is 29.7 Å². The highest BCUT2D eigenvalue weighted by atomic mass is 32.2. The third kappa shape index (κ3) is 3.84. The molecule has 1 aliphatic rings. The molecule has 1 unspecified atom stereocenters. The highest BCUT2D eigenvalue weighted by Crippen LogP contribution is 2.22. The van der Waals surface area contributed by atoms with Crippen LogP contribution in [0.1, 0.15) is 17.3 Å². The third-order valence-electron chi connectivity index (χ3n) is 3.53. The van der Waals surface area contributed by atoms with Crippen molar-refractivity contribution in [2.45, 2.75) is 12.3 Å². The maximum Gasteiger partial charge on any atom is 0.179 e. The van der Waals surface area contributed by atoms with Gasteiger partial charge in [0.25, 0.3) is 0 Å². The Balaban J connectivity index is 2.17. The predicted octanol–water partition coefficient (Wildman–Crippen LogP) is 1.82. The van der Waals surface area contributed by atoms with Crippen LogP contribution < -0.4 is 0 Å². The summed E-state index contributed by atoms with van der Waals surface area (Å²) >= 11 is 1.57. The predicted molar refractivity (Wildman–Crippen MR) is 82.9 cm³/mol. The Labute approximate surface area is 128 Å². The number of halogens is 1. The smallest absolute Gasteiger partial charge is 0.179 e. The van der Waals surface area contributed by atoms with Crippen LogP contribution in [0.3, 0.4) is 0 Å². The van der Waals surface area contributed by atoms with Crippen molar-refractivity contribution in [3.63, 3.8) is 0 Å². The first-order valence-corrected chi connectivity index (χ1v) is 9.64. The van der Waals surface area contributed by atoms with Crippen molar-refractivity contribution >= 4 is 27.4 Å². The summed E-state index contributed by atoms with van der Waals surface area (Å²) in [4.78, 5) is 13.9. The summed E-state index contributed by atoms with van der Waals surface area (Å²) in [5.41, 5.74) is 0.0170. The first-order chi connectivity index (χ1) is 9.95. The lowest BCUT2D eigenvalue weighted by molar-refractivity contribution is 0.0924. The van der Waals surface area contributed by atoms with Crippen molar-refractivity contribution in [2.75, 3.05) is 30.3 Å². The lowest BCUT2D eigenvalue weighted by Crippen LogP contribution is -2.49. The SMILES string of the molecule is CCS(=O)(=O)C1CSCCN1CC(=O)c1ccccc1F. The summed E-state index contributed by atoms with van der Waals surface area (Å²) in [5.74, 6) is 0.337. The Hall–Kier alpha value is -0.920. The zero-order valence-corrected chi connectivity index (χ0v) is 13.4. The van der Waals surface area contributed by atoms with Crippen molar-refractivity contribution in [1.29, 1.82) is 0 Å². The van der Waals surface area contributed by atoms with Gasteiger partial charge in [-0.2, -0.15) is 11.8 Å². The summed E-state index contributed by atoms with van der Waals surface area (Å²) in [7, 11) is -3.25. The summed E-state index contributed by atoms with van der Waals surface area (Å²) in [6.45, 7) is 2.06. The summed E-state index contributed by atoms with van der Waals surface area (Å²) in [6.07, 6.45) is 0. The topological polar surface area (TPSA) is 54.5 Å². The molecule has 1 atom stereocenters. The average Bonchev–Trinajstić information content (AvgIpc) is 2.48. The monoisotopic (exact) mass is 331 g/mol. The zero-order valence-electron chi connectivity index (χ0n) is 11.8. The van der Waals surface area contributed by atoms with Gasteiger partial charge < -0.3 is 0 Å². The maximum absolute atomic E-state index is 13.6. The van der Waals surface area contributed by atoms with Crippen molar-refractivity contribution in [3.8, 4) is 0 Å². The second kappa shape index (κ2) is 6.89. The van der Waals surface area contributed by atoms with E-state index in [-0.39, 0.29) is 23.6 Å². The van der Waals surface area contributed by atoms with E-state index in [1.165, 1.54) is 18.2 Å². The number of sulfone groups is 1. The molecule has 0 amide bonds. The van der Waals surface area contributed by atoms with Crippen LogP contribution in [0.2, 0.25) is 0 Å². The number of thioether (sulfide) groups is 1. The molecule has 0 aromatic heterocycles. The van der Waals surface area contributed by atoms with Gasteiger partial charge in [-0.15, -0.1) is 0 Å². The van der Waals surface area contributed by atoms with E-state index >= 15 is 0 Å². The molecule has 1 aromatic rings. The molecule has 1 saturated heterocycles. The van der Waals surface area contributed by atoms with Gasteiger partial charge in [-0.05, 0) is 12.1 Å². The molecule has 0 N–H and O–H groups in total. The molecule has 0 saturated carbocycles. The Morgan fingerprint density at radius 1 is 1.43 bits per heavy atom. The van der Waals surface area contributed by atoms with E-state index in [0.717, 1.165) is 5.75 Å². The minimum Gasteiger partial charge on any atom is -0.293 e.